The molecule has 4 heterocycles. The van der Waals surface area contributed by atoms with E-state index in [0.29, 0.717) is 17.9 Å². The fourth-order valence-corrected chi connectivity index (χ4v) is 12.9. The van der Waals surface area contributed by atoms with Gasteiger partial charge in [0.1, 0.15) is 41.5 Å². The first-order valence-electron chi connectivity index (χ1n) is 27.1. The van der Waals surface area contributed by atoms with Crippen LogP contribution in [-0.4, -0.2) is 172 Å². The van der Waals surface area contributed by atoms with Crippen molar-refractivity contribution in [1.82, 2.24) is 36.0 Å². The van der Waals surface area contributed by atoms with Gasteiger partial charge in [-0.2, -0.15) is 0 Å². The Bertz CT molecular complexity index is 2720. The lowest BCUT2D eigenvalue weighted by molar-refractivity contribution is -0.161. The molecule has 85 heavy (non-hydrogen) atoms. The van der Waals surface area contributed by atoms with Gasteiger partial charge in [0.05, 0.1) is 18.4 Å². The van der Waals surface area contributed by atoms with Crippen LogP contribution in [-0.2, 0) is 59.4 Å². The molecule has 0 spiro atoms. The first-order valence-corrected chi connectivity index (χ1v) is 28.9. The molecule has 0 bridgehead atoms. The largest absolute Gasteiger partial charge is 0.480 e. The number of β-lactam (4-membered cyclic amide) rings is 2. The summed E-state index contributed by atoms with van der Waals surface area (Å²) in [4.78, 5) is 88.2. The number of thioether (sulfide) groups is 2. The Balaban J connectivity index is 0.000000384. The van der Waals surface area contributed by atoms with Crippen LogP contribution in [0, 0.1) is 0 Å². The monoisotopic (exact) mass is 1220 g/mol. The topological polar surface area (TPSA) is 379 Å². The van der Waals surface area contributed by atoms with Gasteiger partial charge in [0.25, 0.3) is 0 Å². The number of nitrogens with two attached hydrogens (primary N) is 1. The van der Waals surface area contributed by atoms with E-state index in [9.17, 15) is 43.8 Å². The van der Waals surface area contributed by atoms with Crippen LogP contribution >= 0.6 is 23.5 Å². The summed E-state index contributed by atoms with van der Waals surface area (Å²) in [7, 11) is 0. The van der Waals surface area contributed by atoms with E-state index in [0.717, 1.165) is 56.9 Å². The number of carbonyl (C=O) groups is 7. The second-order valence-corrected chi connectivity index (χ2v) is 24.3. The first kappa shape index (κ1) is 73.7. The molecule has 4 aliphatic rings. The quantitative estimate of drug-likeness (QED) is 0.0240. The highest BCUT2D eigenvalue weighted by atomic mass is 32.2. The van der Waals surface area contributed by atoms with Gasteiger partial charge in [-0.3, -0.25) is 19.2 Å². The number of carboxylic acid groups (broad SMARTS) is 2. The van der Waals surface area contributed by atoms with Crippen LogP contribution in [0.2, 0.25) is 0 Å². The van der Waals surface area contributed by atoms with E-state index < -0.39 is 45.6 Å². The van der Waals surface area contributed by atoms with Crippen LogP contribution in [0.3, 0.4) is 0 Å². The van der Waals surface area contributed by atoms with E-state index in [4.69, 9.17) is 10.5 Å². The number of carboxylic acids is 2. The molecule has 5 aromatic carbocycles. The van der Waals surface area contributed by atoms with Crippen LogP contribution in [0.5, 0.6) is 0 Å². The van der Waals surface area contributed by atoms with Gasteiger partial charge in [-0.15, -0.1) is 23.5 Å². The van der Waals surface area contributed by atoms with Gasteiger partial charge >= 0.3 is 17.9 Å². The lowest BCUT2D eigenvalue weighted by atomic mass is 9.96. The average Bonchev–Trinajstić information content (AvgIpc) is 1.62. The number of ether oxygens (including phenoxy) is 1. The van der Waals surface area contributed by atoms with Gasteiger partial charge in [0.2, 0.25) is 23.6 Å². The summed E-state index contributed by atoms with van der Waals surface area (Å²) in [5.41, 5.74) is 11.1. The van der Waals surface area contributed by atoms with Gasteiger partial charge < -0.3 is 78.6 Å². The zero-order valence-corrected chi connectivity index (χ0v) is 50.4. The average molecular weight is 1220 g/mol. The first-order chi connectivity index (χ1) is 38.7. The van der Waals surface area contributed by atoms with Crippen molar-refractivity contribution in [2.45, 2.75) is 112 Å². The minimum Gasteiger partial charge on any atom is -0.480 e. The number of rotatable bonds is 21. The van der Waals surface area contributed by atoms with Crippen LogP contribution in [0.4, 0.5) is 5.69 Å². The predicted octanol–water partition coefficient (Wildman–Crippen LogP) is 2.76. The fraction of sp³-hybridized carbons (Fsp3) is 0.393. The van der Waals surface area contributed by atoms with Gasteiger partial charge in [0, 0.05) is 47.9 Å². The summed E-state index contributed by atoms with van der Waals surface area (Å²) >= 11 is 2.85. The Morgan fingerprint density at radius 1 is 0.553 bits per heavy atom. The summed E-state index contributed by atoms with van der Waals surface area (Å²) in [6.45, 7) is 18.4. The number of fused-ring (bicyclic) bond motifs is 2. The molecule has 6 atom stereocenters. The smallest absolute Gasteiger partial charge is 0.338 e. The highest BCUT2D eigenvalue weighted by molar-refractivity contribution is 8.02. The van der Waals surface area contributed by atoms with Gasteiger partial charge in [-0.05, 0) is 87.3 Å². The third kappa shape index (κ3) is 20.7. The number of esters is 1. The Kier molecular flexibility index (Phi) is 30.5. The Morgan fingerprint density at radius 2 is 0.894 bits per heavy atom. The van der Waals surface area contributed by atoms with Crippen molar-refractivity contribution in [3.05, 3.63) is 173 Å². The number of nitrogens with zero attached hydrogens (tertiary/aromatic N) is 3. The number of nitrogen functional groups attached to an aromatic ring is 1. The van der Waals surface area contributed by atoms with Crippen molar-refractivity contribution in [3.63, 3.8) is 0 Å². The summed E-state index contributed by atoms with van der Waals surface area (Å²) in [6.07, 6.45) is 0.404. The minimum atomic E-state index is -1.01. The van der Waals surface area contributed by atoms with E-state index in [2.05, 4.69) is 88.5 Å². The third-order valence-corrected chi connectivity index (χ3v) is 17.0. The van der Waals surface area contributed by atoms with Crippen molar-refractivity contribution in [3.8, 4) is 0 Å². The summed E-state index contributed by atoms with van der Waals surface area (Å²) in [6, 6.07) is 43.3. The Hall–Kier alpha value is -7.39. The number of anilines is 1. The molecular formula is C61H84N8O14S2. The minimum absolute atomic E-state index is 0. The van der Waals surface area contributed by atoms with Crippen molar-refractivity contribution < 1.29 is 70.4 Å². The maximum absolute atomic E-state index is 12.3. The molecule has 0 unspecified atom stereocenters. The Morgan fingerprint density at radius 3 is 1.22 bits per heavy atom. The van der Waals surface area contributed by atoms with Gasteiger partial charge in [-0.1, -0.05) is 135 Å². The fourth-order valence-electron chi connectivity index (χ4n) is 9.65. The third-order valence-electron chi connectivity index (χ3n) is 13.9. The second kappa shape index (κ2) is 35.2. The van der Waals surface area contributed by atoms with Crippen LogP contribution < -0.4 is 27.0 Å². The van der Waals surface area contributed by atoms with Crippen molar-refractivity contribution in [2.24, 2.45) is 0 Å². The standard InChI is InChI=1S/2C16H18N2O4S.C16H20N2.C13H20N2O2.4H2O/c2*1-16(2)12(15(21)22)18-13(20)11(14(18)23-16)17-10(19)8-9-6-4-3-5-7-9;1-3-7-15(8-4-1)13-17-11-12-18-14-16-9-5-2-6-10-16;1-3-15(4-2)9-10-17-13(16)11-5-7-12(14)8-6-11;;;;/h2*3-7,11-12,14H,8H2,1-2H3,(H,17,19)(H,21,22);1-10,17-18H,11-14H2;5-8H,3-4,9-10,14H2,1-2H3;4*1H2/t2*11-,12+,14-;;;;;;/m11....../s1. The maximum Gasteiger partial charge on any atom is 0.338 e. The zero-order valence-electron chi connectivity index (χ0n) is 48.8. The number of nitrogens with one attached hydrogen (secondary N) is 4. The number of benzene rings is 5. The summed E-state index contributed by atoms with van der Waals surface area (Å²) in [5.74, 6) is -3.40. The number of likely N-dealkylation sites (N-methyl/N-ethyl adjacent to an activating group) is 1. The molecule has 5 aromatic rings. The zero-order chi connectivity index (χ0) is 58.7. The molecule has 22 nitrogen and oxygen atoms in total. The molecule has 16 N–H and O–H groups in total. The number of amides is 4. The number of carbonyl (C=O) groups excluding carboxylic acids is 5. The molecule has 464 valence electrons. The predicted molar refractivity (Wildman–Crippen MR) is 331 cm³/mol. The normalized spacial score (nSPS) is 19.5. The molecule has 0 aromatic heterocycles. The van der Waals surface area contributed by atoms with E-state index in [-0.39, 0.29) is 75.1 Å². The lowest BCUT2D eigenvalue weighted by Crippen LogP contribution is -2.70. The Labute approximate surface area is 505 Å². The molecular weight excluding hydrogens is 1130 g/mol. The number of hydrogen-bond donors (Lipinski definition) is 7. The maximum atomic E-state index is 12.3. The molecule has 0 saturated carbocycles. The van der Waals surface area contributed by atoms with Crippen molar-refractivity contribution >= 4 is 70.7 Å². The van der Waals surface area contributed by atoms with Gasteiger partial charge in [-0.25, -0.2) is 14.4 Å². The lowest BCUT2D eigenvalue weighted by Gasteiger charge is -2.43. The van der Waals surface area contributed by atoms with Crippen LogP contribution in [0.15, 0.2) is 146 Å². The second-order valence-electron chi connectivity index (χ2n) is 20.7. The van der Waals surface area contributed by atoms with Crippen molar-refractivity contribution in [2.75, 3.05) is 45.1 Å². The van der Waals surface area contributed by atoms with Gasteiger partial charge in [0.15, 0.2) is 0 Å². The molecule has 4 aliphatic heterocycles. The summed E-state index contributed by atoms with van der Waals surface area (Å²) in [5, 5.41) is 30.4. The van der Waals surface area contributed by atoms with E-state index >= 15 is 0 Å². The molecule has 0 aliphatic carbocycles. The highest BCUT2D eigenvalue weighted by Crippen LogP contribution is 2.52. The molecule has 4 saturated heterocycles. The van der Waals surface area contributed by atoms with E-state index in [1.165, 1.54) is 44.5 Å². The molecule has 4 fully saturated rings. The molecule has 4 amide bonds. The van der Waals surface area contributed by atoms with E-state index in [1.807, 2.05) is 100 Å². The summed E-state index contributed by atoms with van der Waals surface area (Å²) < 4.78 is 4.02. The van der Waals surface area contributed by atoms with E-state index in [1.54, 1.807) is 24.3 Å². The molecule has 24 heteroatoms. The van der Waals surface area contributed by atoms with Crippen molar-refractivity contribution in [1.29, 1.82) is 0 Å². The van der Waals surface area contributed by atoms with Crippen LogP contribution in [0.25, 0.3) is 0 Å². The molecule has 9 rings (SSSR count). The molecule has 0 radical (unpaired) electrons. The van der Waals surface area contributed by atoms with Crippen LogP contribution in [0.1, 0.15) is 74.2 Å². The number of hydrogen-bond acceptors (Lipinski definition) is 14. The highest BCUT2D eigenvalue weighted by Gasteiger charge is 2.65. The number of aliphatic carboxylic acids is 2. The SMILES string of the molecule is CC1(C)S[C@@H]2[C@H](NC(=O)Cc3ccccc3)C(=O)N2[C@H]1C(=O)O.CC1(C)S[C@@H]2[C@H](NC(=O)Cc3ccccc3)C(=O)N2[C@H]1C(=O)O.CCN(CC)CCOC(=O)c1ccc(N)cc1.O.O.O.O.c1ccc(CNCCNCc2ccccc2)cc1.